The van der Waals surface area contributed by atoms with E-state index in [4.69, 9.17) is 5.73 Å². The molecule has 0 aromatic heterocycles. The van der Waals surface area contributed by atoms with Crippen LogP contribution in [0, 0.1) is 11.3 Å². The van der Waals surface area contributed by atoms with Gasteiger partial charge in [-0.3, -0.25) is 4.99 Å². The number of nitrogens with zero attached hydrogens (tertiary/aromatic N) is 2. The summed E-state index contributed by atoms with van der Waals surface area (Å²) in [6, 6.07) is 0.670. The third-order valence-corrected chi connectivity index (χ3v) is 3.83. The summed E-state index contributed by atoms with van der Waals surface area (Å²) in [6.07, 6.45) is 6.55. The minimum atomic E-state index is 0.503. The molecule has 0 spiro atoms. The molecule has 2 rings (SSSR count). The van der Waals surface area contributed by atoms with Crippen LogP contribution in [-0.4, -0.2) is 30.5 Å². The molecule has 0 aliphatic heterocycles. The van der Waals surface area contributed by atoms with Crippen LogP contribution in [0.4, 0.5) is 0 Å². The second kappa shape index (κ2) is 4.27. The van der Waals surface area contributed by atoms with E-state index in [0.717, 1.165) is 18.4 Å². The van der Waals surface area contributed by atoms with Crippen molar-refractivity contribution in [1.29, 1.82) is 0 Å². The fraction of sp³-hybridized carbons (Fsp3) is 0.923. The fourth-order valence-corrected chi connectivity index (χ4v) is 2.48. The molecule has 2 saturated carbocycles. The van der Waals surface area contributed by atoms with Crippen molar-refractivity contribution in [2.24, 2.45) is 22.1 Å². The molecule has 0 amide bonds. The van der Waals surface area contributed by atoms with Crippen LogP contribution in [0.3, 0.4) is 0 Å². The van der Waals surface area contributed by atoms with Gasteiger partial charge in [-0.15, -0.1) is 0 Å². The van der Waals surface area contributed by atoms with E-state index in [9.17, 15) is 0 Å². The summed E-state index contributed by atoms with van der Waals surface area (Å²) >= 11 is 0. The van der Waals surface area contributed by atoms with Gasteiger partial charge >= 0.3 is 0 Å². The summed E-state index contributed by atoms with van der Waals surface area (Å²) in [5.41, 5.74) is 6.50. The highest BCUT2D eigenvalue weighted by molar-refractivity contribution is 5.78. The Bertz CT molecular complexity index is 275. The van der Waals surface area contributed by atoms with Crippen LogP contribution in [0.15, 0.2) is 4.99 Å². The monoisotopic (exact) mass is 223 g/mol. The Balaban J connectivity index is 1.82. The van der Waals surface area contributed by atoms with Crippen molar-refractivity contribution >= 4 is 5.96 Å². The second-order valence-electron chi connectivity index (χ2n) is 6.11. The lowest BCUT2D eigenvalue weighted by molar-refractivity contribution is 0.394. The van der Waals surface area contributed by atoms with Crippen molar-refractivity contribution in [3.05, 3.63) is 0 Å². The lowest BCUT2D eigenvalue weighted by Crippen LogP contribution is -2.36. The average Bonchev–Trinajstić information content (AvgIpc) is 3.07. The molecule has 0 heterocycles. The van der Waals surface area contributed by atoms with E-state index in [1.54, 1.807) is 0 Å². The van der Waals surface area contributed by atoms with Crippen LogP contribution in [-0.2, 0) is 0 Å². The summed E-state index contributed by atoms with van der Waals surface area (Å²) in [5.74, 6) is 1.53. The molecule has 2 N–H and O–H groups in total. The van der Waals surface area contributed by atoms with Crippen LogP contribution < -0.4 is 5.73 Å². The first-order chi connectivity index (χ1) is 7.52. The Labute approximate surface area is 99.1 Å². The number of aliphatic imine (C=N–C) groups is 1. The zero-order valence-electron chi connectivity index (χ0n) is 10.9. The van der Waals surface area contributed by atoms with Gasteiger partial charge in [0, 0.05) is 19.6 Å². The smallest absolute Gasteiger partial charge is 0.191 e. The van der Waals surface area contributed by atoms with Gasteiger partial charge in [0.15, 0.2) is 5.96 Å². The van der Waals surface area contributed by atoms with Crippen molar-refractivity contribution in [3.8, 4) is 0 Å². The number of hydrogen-bond acceptors (Lipinski definition) is 1. The number of hydrogen-bond donors (Lipinski definition) is 1. The lowest BCUT2D eigenvalue weighted by atomic mass is 9.94. The zero-order chi connectivity index (χ0) is 11.8. The molecule has 2 aliphatic rings. The predicted octanol–water partition coefficient (Wildman–Crippen LogP) is 2.22. The van der Waals surface area contributed by atoms with E-state index < -0.39 is 0 Å². The molecule has 2 aliphatic carbocycles. The van der Waals surface area contributed by atoms with Gasteiger partial charge in [-0.05, 0) is 43.4 Å². The minimum Gasteiger partial charge on any atom is -0.370 e. The van der Waals surface area contributed by atoms with E-state index in [1.807, 2.05) is 0 Å². The van der Waals surface area contributed by atoms with Crippen molar-refractivity contribution in [1.82, 2.24) is 4.90 Å². The first-order valence-corrected chi connectivity index (χ1v) is 6.55. The molecule has 3 heteroatoms. The molecule has 92 valence electrons. The lowest BCUT2D eigenvalue weighted by Gasteiger charge is -2.19. The Morgan fingerprint density at radius 1 is 1.44 bits per heavy atom. The molecule has 3 nitrogen and oxygen atoms in total. The first kappa shape index (κ1) is 11.7. The normalized spacial score (nSPS) is 23.6. The van der Waals surface area contributed by atoms with E-state index in [0.29, 0.717) is 11.5 Å². The highest BCUT2D eigenvalue weighted by Crippen LogP contribution is 2.50. The number of guanidine groups is 1. The molecular formula is C13H25N3. The average molecular weight is 223 g/mol. The SMILES string of the molecule is CC(C)CC1(CN=C(N)N(C)C2CC2)CC1. The first-order valence-electron chi connectivity index (χ1n) is 6.55. The Kier molecular flexibility index (Phi) is 3.13. The van der Waals surface area contributed by atoms with Gasteiger partial charge in [-0.2, -0.15) is 0 Å². The van der Waals surface area contributed by atoms with E-state index in [1.165, 1.54) is 32.1 Å². The Morgan fingerprint density at radius 3 is 2.50 bits per heavy atom. The van der Waals surface area contributed by atoms with Gasteiger partial charge in [-0.1, -0.05) is 13.8 Å². The zero-order valence-corrected chi connectivity index (χ0v) is 10.9. The predicted molar refractivity (Wildman–Crippen MR) is 68.4 cm³/mol. The van der Waals surface area contributed by atoms with E-state index >= 15 is 0 Å². The van der Waals surface area contributed by atoms with Gasteiger partial charge in [0.1, 0.15) is 0 Å². The molecule has 0 atom stereocenters. The Hall–Kier alpha value is -0.730. The van der Waals surface area contributed by atoms with Crippen LogP contribution in [0.5, 0.6) is 0 Å². The Morgan fingerprint density at radius 2 is 2.06 bits per heavy atom. The standard InChI is InChI=1S/C13H25N3/c1-10(2)8-13(6-7-13)9-15-12(14)16(3)11-4-5-11/h10-11H,4-9H2,1-3H3,(H2,14,15). The summed E-state index contributed by atoms with van der Waals surface area (Å²) in [5, 5.41) is 0. The van der Waals surface area contributed by atoms with Crippen molar-refractivity contribution in [2.45, 2.75) is 52.0 Å². The molecule has 2 fully saturated rings. The molecule has 0 aromatic carbocycles. The van der Waals surface area contributed by atoms with Gasteiger partial charge in [0.05, 0.1) is 0 Å². The second-order valence-corrected chi connectivity index (χ2v) is 6.11. The number of nitrogens with two attached hydrogens (primary N) is 1. The minimum absolute atomic E-state index is 0.503. The van der Waals surface area contributed by atoms with Crippen LogP contribution in [0.1, 0.15) is 46.0 Å². The third-order valence-electron chi connectivity index (χ3n) is 3.83. The molecule has 0 aromatic rings. The highest BCUT2D eigenvalue weighted by Gasteiger charge is 2.42. The maximum Gasteiger partial charge on any atom is 0.191 e. The molecule has 16 heavy (non-hydrogen) atoms. The summed E-state index contributed by atoms with van der Waals surface area (Å²) < 4.78 is 0. The maximum atomic E-state index is 6.00. The number of rotatable bonds is 5. The molecule has 0 bridgehead atoms. The summed E-state index contributed by atoms with van der Waals surface area (Å²) in [6.45, 7) is 5.53. The van der Waals surface area contributed by atoms with Crippen LogP contribution >= 0.6 is 0 Å². The van der Waals surface area contributed by atoms with Crippen LogP contribution in [0.2, 0.25) is 0 Å². The van der Waals surface area contributed by atoms with Gasteiger partial charge in [-0.25, -0.2) is 0 Å². The quantitative estimate of drug-likeness (QED) is 0.573. The van der Waals surface area contributed by atoms with E-state index in [2.05, 4.69) is 30.8 Å². The van der Waals surface area contributed by atoms with Crippen molar-refractivity contribution in [2.75, 3.05) is 13.6 Å². The largest absolute Gasteiger partial charge is 0.370 e. The van der Waals surface area contributed by atoms with Gasteiger partial charge in [0.2, 0.25) is 0 Å². The van der Waals surface area contributed by atoms with Gasteiger partial charge < -0.3 is 10.6 Å². The third kappa shape index (κ3) is 2.89. The maximum absolute atomic E-state index is 6.00. The summed E-state index contributed by atoms with van der Waals surface area (Å²) in [4.78, 5) is 6.74. The van der Waals surface area contributed by atoms with Crippen molar-refractivity contribution < 1.29 is 0 Å². The van der Waals surface area contributed by atoms with Gasteiger partial charge in [0.25, 0.3) is 0 Å². The molecular weight excluding hydrogens is 198 g/mol. The highest BCUT2D eigenvalue weighted by atomic mass is 15.3. The summed E-state index contributed by atoms with van der Waals surface area (Å²) in [7, 11) is 2.07. The van der Waals surface area contributed by atoms with Crippen LogP contribution in [0.25, 0.3) is 0 Å². The van der Waals surface area contributed by atoms with Crippen molar-refractivity contribution in [3.63, 3.8) is 0 Å². The molecule has 0 saturated heterocycles. The van der Waals surface area contributed by atoms with E-state index in [-0.39, 0.29) is 0 Å². The molecule has 0 radical (unpaired) electrons. The fourth-order valence-electron chi connectivity index (χ4n) is 2.48. The topological polar surface area (TPSA) is 41.6 Å². The molecule has 0 unspecified atom stereocenters.